The highest BCUT2D eigenvalue weighted by Crippen LogP contribution is 2.72. The normalized spacial score (nSPS) is 21.9. The van der Waals surface area contributed by atoms with Crippen LogP contribution in [0.1, 0.15) is 58.2 Å². The molecule has 3 fully saturated rings. The Bertz CT molecular complexity index is 5190. The van der Waals surface area contributed by atoms with E-state index in [2.05, 4.69) is 60.0 Å². The maximum absolute atomic E-state index is 15.3. The van der Waals surface area contributed by atoms with Crippen molar-refractivity contribution in [2.45, 2.75) is 101 Å². The highest BCUT2D eigenvalue weighted by atomic mass is 35.9. The van der Waals surface area contributed by atoms with Gasteiger partial charge in [0.1, 0.15) is 43.5 Å². The molecule has 610 valence electrons. The summed E-state index contributed by atoms with van der Waals surface area (Å²) in [6.07, 6.45) is -11.1. The SMILES string of the molecule is C[C@H]1[C@H](F)[C@H](n2cnc3c(NCc4ccccc4)nc(Cl)nc32)O[C@@H]1COC(=O)c1ccccc1.O=P(Cl)(Cl)CP(=O)(Cl)Cl.O=P(O)(O)CP(=O)(O)OC[C@H]1O[C@@H](n2cnc3c(OCc4ccccc4)nc(Cl)nc32)[C@@H](F)[C@@H]1O.OC[C@H]1O[C@@H](n2cnc3c(NCc4ccccc4)nc(Cl)nc32)[C@@H](F)[C@@H]1O.OCc1ccccc1. The van der Waals surface area contributed by atoms with Crippen molar-refractivity contribution in [2.75, 3.05) is 42.3 Å². The summed E-state index contributed by atoms with van der Waals surface area (Å²) in [4.78, 5) is 77.3. The number of hydrogen-bond donors (Lipinski definition) is 9. The van der Waals surface area contributed by atoms with Crippen LogP contribution in [-0.2, 0) is 68.0 Å². The molecule has 114 heavy (non-hydrogen) atoms. The Balaban J connectivity index is 0.000000165. The Hall–Kier alpha value is -7.08. The topological polar surface area (TPSA) is 437 Å². The lowest BCUT2D eigenvalue weighted by molar-refractivity contribution is -0.0459. The molecule has 0 spiro atoms. The molecule has 13 atom stereocenters. The molecule has 0 amide bonds. The molecule has 3 aliphatic rings. The summed E-state index contributed by atoms with van der Waals surface area (Å²) in [5, 5.41) is 44.0. The first kappa shape index (κ1) is 89.3. The summed E-state index contributed by atoms with van der Waals surface area (Å²) in [6.45, 7) is 1.64. The van der Waals surface area contributed by atoms with E-state index in [1.54, 1.807) is 31.2 Å². The number of aliphatic hydroxyl groups is 4. The predicted octanol–water partition coefficient (Wildman–Crippen LogP) is 14.0. The van der Waals surface area contributed by atoms with Gasteiger partial charge < -0.3 is 73.9 Å². The first-order valence-electron chi connectivity index (χ1n) is 33.8. The van der Waals surface area contributed by atoms with E-state index in [0.29, 0.717) is 47.0 Å². The first-order valence-corrected chi connectivity index (χ1v) is 45.9. The Morgan fingerprint density at radius 1 is 0.509 bits per heavy atom. The highest BCUT2D eigenvalue weighted by Gasteiger charge is 2.49. The van der Waals surface area contributed by atoms with Crippen LogP contribution in [0.2, 0.25) is 15.9 Å². The third-order valence-electron chi connectivity index (χ3n) is 16.8. The molecule has 14 rings (SSSR count). The summed E-state index contributed by atoms with van der Waals surface area (Å²) < 4.78 is 125. The number of hydrogen-bond acceptors (Lipinski definition) is 26. The van der Waals surface area contributed by atoms with E-state index in [0.717, 1.165) is 26.8 Å². The van der Waals surface area contributed by atoms with Gasteiger partial charge in [-0.1, -0.05) is 146 Å². The van der Waals surface area contributed by atoms with Crippen molar-refractivity contribution in [1.82, 2.24) is 58.6 Å². The van der Waals surface area contributed by atoms with Gasteiger partial charge in [0.25, 0.3) is 11.7 Å². The van der Waals surface area contributed by atoms with Gasteiger partial charge in [-0.3, -0.25) is 32.0 Å². The van der Waals surface area contributed by atoms with Crippen molar-refractivity contribution in [3.05, 3.63) is 214 Å². The molecule has 5 aromatic carbocycles. The summed E-state index contributed by atoms with van der Waals surface area (Å²) in [6, 6.07) is 46.9. The number of fused-ring (bicyclic) bond motifs is 3. The fourth-order valence-electron chi connectivity index (χ4n) is 11.3. The minimum absolute atomic E-state index is 0.00427. The number of alkyl halides is 3. The zero-order valence-electron chi connectivity index (χ0n) is 59.0. The van der Waals surface area contributed by atoms with E-state index < -0.39 is 132 Å². The Kier molecular flexibility index (Phi) is 31.6. The van der Waals surface area contributed by atoms with Crippen LogP contribution in [0.25, 0.3) is 33.5 Å². The van der Waals surface area contributed by atoms with Crippen molar-refractivity contribution < 1.29 is 99.5 Å². The van der Waals surface area contributed by atoms with Crippen LogP contribution in [0.4, 0.5) is 24.8 Å². The lowest BCUT2D eigenvalue weighted by Crippen LogP contribution is -2.31. The maximum atomic E-state index is 15.3. The second kappa shape index (κ2) is 40.4. The number of esters is 1. The van der Waals surface area contributed by atoms with Gasteiger partial charge in [0.2, 0.25) is 21.7 Å². The molecule has 6 aromatic heterocycles. The van der Waals surface area contributed by atoms with Crippen molar-refractivity contribution in [2.24, 2.45) is 5.92 Å². The predicted molar refractivity (Wildman–Crippen MR) is 419 cm³/mol. The Morgan fingerprint density at radius 3 is 1.32 bits per heavy atom. The molecule has 46 heteroatoms. The van der Waals surface area contributed by atoms with Crippen molar-refractivity contribution >= 4 is 158 Å². The Morgan fingerprint density at radius 2 is 0.904 bits per heavy atom. The number of halogens is 10. The molecule has 0 saturated carbocycles. The number of nitrogens with zero attached hydrogens (tertiary/aromatic N) is 12. The number of rotatable bonds is 24. The average Bonchev–Trinajstić information content (AvgIpc) is 1.62. The molecular weight excluding hydrogens is 1730 g/mol. The number of aliphatic hydroxyl groups excluding tert-OH is 4. The molecule has 0 aliphatic carbocycles. The molecular formula is C68H70Cl7F3N14O18P4. The van der Waals surface area contributed by atoms with E-state index in [1.165, 1.54) is 28.1 Å². The van der Waals surface area contributed by atoms with E-state index in [-0.39, 0.29) is 58.4 Å². The monoisotopic (exact) mass is 1800 g/mol. The van der Waals surface area contributed by atoms with Crippen molar-refractivity contribution in [3.8, 4) is 5.88 Å². The highest BCUT2D eigenvalue weighted by molar-refractivity contribution is 8.21. The van der Waals surface area contributed by atoms with Crippen LogP contribution in [-0.4, -0.2) is 180 Å². The van der Waals surface area contributed by atoms with Crippen LogP contribution < -0.4 is 15.4 Å². The van der Waals surface area contributed by atoms with E-state index >= 15 is 4.39 Å². The number of carbonyl (C=O) groups is 1. The number of ether oxygens (including phenoxy) is 5. The standard InChI is InChI=1S/C25H23ClFN5O3.C18H20ClFN4O9P2.C17H17ClFN5O3.C7H8O.CH2Cl4O2P2/c1-15-18(13-34-24(33)17-10-6-3-7-11-17)35-23(19(15)27)32-14-29-20-21(30-25(26)31-22(20)32)28-12-16-8-4-2-5-9-16;19-18-22-15-13(16(23-18)31-6-10-4-2-1-3-5-10)21-8-24(15)17-12(20)14(25)11(33-17)7-32-35(29,30)9-34(26,27)28;18-17-22-14(20-6-9-4-2-1-3-5-9)12-15(23-17)24(8-21-12)16-11(19)13(26)10(7-25)27-16;8-6-7-4-2-1-3-5-7;2-8(3,6)1-9(4,5)7/h2-11,14-15,18-19,23H,12-13H2,1H3,(H,28,30,31);1-5,8,11-12,14,17,25H,6-7,9H2,(H,29,30)(H2,26,27,28);1-5,8,10-11,13,16,25-26H,6-7H2,(H,20,22,23);1-5,8H,6H2;1H2/t15-,18-,19+,23-;11-,12+,14-,17-;10-,11+,13-,16-;;/m111../s1. The van der Waals surface area contributed by atoms with Crippen LogP contribution >= 0.6 is 107 Å². The van der Waals surface area contributed by atoms with Gasteiger partial charge in [0, 0.05) is 19.0 Å². The molecule has 3 aliphatic heterocycles. The smallest absolute Gasteiger partial charge is 0.340 e. The third kappa shape index (κ3) is 24.8. The summed E-state index contributed by atoms with van der Waals surface area (Å²) >= 11 is 38.2. The van der Waals surface area contributed by atoms with E-state index in [4.69, 9.17) is 118 Å². The van der Waals surface area contributed by atoms with Gasteiger partial charge in [0.05, 0.1) is 50.5 Å². The second-order valence-corrected chi connectivity index (χ2v) is 41.1. The minimum Gasteiger partial charge on any atom is -0.471 e. The number of carbonyl (C=O) groups excluding carboxylic acids is 1. The number of aromatic nitrogens is 12. The molecule has 9 N–H and O–H groups in total. The molecule has 32 nitrogen and oxygen atoms in total. The number of imidazole rings is 3. The fraction of sp³-hybridized carbons (Fsp3) is 0.324. The van der Waals surface area contributed by atoms with E-state index in [9.17, 15) is 52.0 Å². The van der Waals surface area contributed by atoms with Crippen LogP contribution in [0, 0.1) is 5.92 Å². The lowest BCUT2D eigenvalue weighted by Gasteiger charge is -2.18. The number of nitrogens with one attached hydrogen (secondary N) is 2. The molecule has 0 bridgehead atoms. The maximum Gasteiger partial charge on any atom is 0.340 e. The quantitative estimate of drug-likeness (QED) is 0.0154. The van der Waals surface area contributed by atoms with Gasteiger partial charge in [-0.15, -0.1) is 0 Å². The largest absolute Gasteiger partial charge is 0.471 e. The minimum atomic E-state index is -4.86. The molecule has 9 heterocycles. The lowest BCUT2D eigenvalue weighted by atomic mass is 10.0. The van der Waals surface area contributed by atoms with Gasteiger partial charge >= 0.3 is 21.2 Å². The van der Waals surface area contributed by atoms with Gasteiger partial charge in [-0.2, -0.15) is 29.9 Å². The number of anilines is 2. The zero-order chi connectivity index (χ0) is 82.2. The van der Waals surface area contributed by atoms with Gasteiger partial charge in [-0.25, -0.2) is 32.9 Å². The first-order chi connectivity index (χ1) is 54.2. The van der Waals surface area contributed by atoms with Crippen LogP contribution in [0.3, 0.4) is 0 Å². The van der Waals surface area contributed by atoms with Crippen LogP contribution in [0.5, 0.6) is 5.88 Å². The van der Waals surface area contributed by atoms with Gasteiger partial charge in [-0.05, 0) is 114 Å². The molecule has 11 aromatic rings. The fourth-order valence-corrected chi connectivity index (χ4v) is 23.3. The van der Waals surface area contributed by atoms with Crippen molar-refractivity contribution in [1.29, 1.82) is 0 Å². The molecule has 0 radical (unpaired) electrons. The van der Waals surface area contributed by atoms with Crippen molar-refractivity contribution in [3.63, 3.8) is 0 Å². The third-order valence-corrected chi connectivity index (χ3v) is 27.2. The molecule has 3 saturated heterocycles. The van der Waals surface area contributed by atoms with Crippen LogP contribution in [0.15, 0.2) is 171 Å². The van der Waals surface area contributed by atoms with Gasteiger partial charge in [0.15, 0.2) is 88.2 Å². The summed E-state index contributed by atoms with van der Waals surface area (Å²) in [5.74, 6) is -8.83. The second-order valence-electron chi connectivity index (χ2n) is 25.1. The summed E-state index contributed by atoms with van der Waals surface area (Å²) in [7, 11) is -9.59. The number of benzene rings is 5. The zero-order valence-corrected chi connectivity index (χ0v) is 67.9. The Labute approximate surface area is 680 Å². The summed E-state index contributed by atoms with van der Waals surface area (Å²) in [5.41, 5.74) is 5.99. The van der Waals surface area contributed by atoms with E-state index in [1.807, 2.05) is 127 Å². The average molecular weight is 1800 g/mol. The molecule has 1 unspecified atom stereocenters.